The van der Waals surface area contributed by atoms with Gasteiger partial charge in [-0.25, -0.2) is 0 Å². The van der Waals surface area contributed by atoms with Crippen molar-refractivity contribution < 1.29 is 174 Å². The van der Waals surface area contributed by atoms with Gasteiger partial charge in [-0.15, -0.1) is 0 Å². The summed E-state index contributed by atoms with van der Waals surface area (Å²) in [4.78, 5) is 24.8. The monoisotopic (exact) mass is 1250 g/mol. The van der Waals surface area contributed by atoms with Crippen LogP contribution >= 0.6 is 0 Å². The first kappa shape index (κ1) is 71.7. The predicted octanol–water partition coefficient (Wildman–Crippen LogP) is -14.7. The molecule has 0 aromatic carbocycles. The quantitative estimate of drug-likeness (QED) is 0.0377. The molecular weight excluding hydrogens is 1160 g/mol. The minimum absolute atomic E-state index is 0.583. The topological polar surface area (TPSA) is 594 Å². The van der Waals surface area contributed by atoms with Crippen molar-refractivity contribution in [3.63, 3.8) is 0 Å². The van der Waals surface area contributed by atoms with Crippen molar-refractivity contribution in [3.8, 4) is 0 Å². The molecule has 6 rings (SSSR count). The van der Waals surface area contributed by atoms with E-state index in [1.54, 1.807) is 0 Å². The average Bonchev–Trinajstić information content (AvgIpc) is 1.68. The Morgan fingerprint density at radius 1 is 0.412 bits per heavy atom. The molecule has 0 saturated carbocycles. The molecule has 37 heteroatoms. The Labute approximate surface area is 483 Å². The van der Waals surface area contributed by atoms with Gasteiger partial charge < -0.3 is 175 Å². The molecule has 6 aliphatic rings. The van der Waals surface area contributed by atoms with Gasteiger partial charge in [-0.3, -0.25) is 9.59 Å². The van der Waals surface area contributed by atoms with Gasteiger partial charge in [0.05, 0.1) is 57.9 Å². The zero-order chi connectivity index (χ0) is 63.2. The van der Waals surface area contributed by atoms with E-state index in [0.29, 0.717) is 0 Å². The van der Waals surface area contributed by atoms with Gasteiger partial charge in [0, 0.05) is 26.4 Å². The predicted molar refractivity (Wildman–Crippen MR) is 265 cm³/mol. The molecule has 0 aromatic heterocycles. The number of ether oxygens (including phenoxy) is 12. The lowest BCUT2D eigenvalue weighted by Crippen LogP contribution is -2.70. The van der Waals surface area contributed by atoms with Crippen molar-refractivity contribution in [2.45, 2.75) is 236 Å². The molecule has 6 saturated heterocycles. The summed E-state index contributed by atoms with van der Waals surface area (Å²) >= 11 is 0. The molecule has 35 atom stereocenters. The maximum absolute atomic E-state index is 12.7. The molecule has 85 heavy (non-hydrogen) atoms. The molecule has 6 heterocycles. The second-order valence-corrected chi connectivity index (χ2v) is 21.8. The molecule has 0 spiro atoms. The molecule has 0 bridgehead atoms. The van der Waals surface area contributed by atoms with Crippen LogP contribution in [0.25, 0.3) is 0 Å². The Morgan fingerprint density at radius 2 is 0.800 bits per heavy atom. The van der Waals surface area contributed by atoms with Crippen molar-refractivity contribution in [3.05, 3.63) is 0 Å². The van der Waals surface area contributed by atoms with Gasteiger partial charge in [0.15, 0.2) is 37.7 Å². The average molecular weight is 1250 g/mol. The lowest BCUT2D eigenvalue weighted by Gasteiger charge is -2.50. The van der Waals surface area contributed by atoms with Crippen molar-refractivity contribution in [1.82, 2.24) is 10.6 Å². The summed E-state index contributed by atoms with van der Waals surface area (Å²) in [6.45, 7) is -1.58. The molecule has 0 aromatic rings. The molecule has 23 N–H and O–H groups in total. The van der Waals surface area contributed by atoms with Gasteiger partial charge in [0.2, 0.25) is 11.8 Å². The largest absolute Gasteiger partial charge is 0.396 e. The van der Waals surface area contributed by atoms with Gasteiger partial charge in [0.1, 0.15) is 153 Å². The van der Waals surface area contributed by atoms with Gasteiger partial charge >= 0.3 is 0 Å². The fraction of sp³-hybridized carbons (Fsp3) is 0.958. The van der Waals surface area contributed by atoms with E-state index in [1.165, 1.54) is 13.8 Å². The summed E-state index contributed by atoms with van der Waals surface area (Å²) in [7, 11) is 0. The first-order chi connectivity index (χ1) is 40.0. The summed E-state index contributed by atoms with van der Waals surface area (Å²) in [6, 6.07) is -2.88. The van der Waals surface area contributed by atoms with Gasteiger partial charge in [-0.2, -0.15) is 0 Å². The third-order valence-corrected chi connectivity index (χ3v) is 15.6. The highest BCUT2D eigenvalue weighted by molar-refractivity contribution is 5.73. The first-order valence-electron chi connectivity index (χ1n) is 27.3. The van der Waals surface area contributed by atoms with Crippen LogP contribution in [0.4, 0.5) is 0 Å². The molecule has 0 radical (unpaired) electrons. The van der Waals surface area contributed by atoms with E-state index in [9.17, 15) is 117 Å². The standard InChI is InChI=1S/C48H84N2O35/c1-12(5-51)24(58)31(65)34(68)43(73)74-10-20-27(61)41(84-46-35(69)32(66)25(59)16(6-52)77-46)37(71)45(80-20)75-11-21-28(62)42(85-47-36(70)33(67)26(60)17(7-53)78-47)38(72)48(81-21)83-40-19(9-55)79-44(23(30(40)64)50-15(4)57)82-39-18(8-54)76-13(2)22(29(39)63)49-14(3)56/h12-13,16-48,51-55,58-73H,5-11H2,1-4H3,(H,49,56)(H,50,57)/t12?,13?,16-,17-,18?,19?,20?,21?,22?,23?,24?,25?,26?,27?,28?,29?,30?,31?,32?,33?,34?,35?,36?,37?,38?,39?,40?,41?,42?,43?,44?,45?,46+,47+,48?/m0/s1. The zero-order valence-electron chi connectivity index (χ0n) is 46.3. The third kappa shape index (κ3) is 16.4. The first-order valence-corrected chi connectivity index (χ1v) is 27.3. The van der Waals surface area contributed by atoms with Crippen LogP contribution in [0.2, 0.25) is 0 Å². The number of hydrogen-bond acceptors (Lipinski definition) is 35. The van der Waals surface area contributed by atoms with E-state index < -0.39 is 273 Å². The number of carbonyl (C=O) groups excluding carboxylic acids is 2. The summed E-state index contributed by atoms with van der Waals surface area (Å²) in [5, 5.41) is 231. The Balaban J connectivity index is 1.30. The van der Waals surface area contributed by atoms with E-state index in [-0.39, 0.29) is 0 Å². The van der Waals surface area contributed by atoms with Crippen molar-refractivity contribution in [2.24, 2.45) is 5.92 Å². The van der Waals surface area contributed by atoms with E-state index in [1.807, 2.05) is 0 Å². The number of carbonyl (C=O) groups is 2. The lowest BCUT2D eigenvalue weighted by atomic mass is 9.92. The maximum Gasteiger partial charge on any atom is 0.217 e. The fourth-order valence-electron chi connectivity index (χ4n) is 10.6. The molecule has 2 amide bonds. The summed E-state index contributed by atoms with van der Waals surface area (Å²) < 4.78 is 69.2. The van der Waals surface area contributed by atoms with E-state index in [0.717, 1.165) is 13.8 Å². The second kappa shape index (κ2) is 31.6. The Hall–Kier alpha value is -2.38. The van der Waals surface area contributed by atoms with Crippen LogP contribution < -0.4 is 10.6 Å². The highest BCUT2D eigenvalue weighted by Crippen LogP contribution is 2.37. The van der Waals surface area contributed by atoms with Crippen molar-refractivity contribution in [1.29, 1.82) is 0 Å². The molecule has 6 fully saturated rings. The fourth-order valence-corrected chi connectivity index (χ4v) is 10.6. The van der Waals surface area contributed by atoms with Crippen LogP contribution in [0.1, 0.15) is 27.7 Å². The molecule has 6 aliphatic heterocycles. The lowest BCUT2D eigenvalue weighted by molar-refractivity contribution is -0.386. The van der Waals surface area contributed by atoms with Crippen molar-refractivity contribution >= 4 is 11.8 Å². The maximum atomic E-state index is 12.7. The summed E-state index contributed by atoms with van der Waals surface area (Å²) in [5.41, 5.74) is 0. The zero-order valence-corrected chi connectivity index (χ0v) is 46.3. The van der Waals surface area contributed by atoms with E-state index >= 15 is 0 Å². The summed E-state index contributed by atoms with van der Waals surface area (Å²) in [6.07, 6.45) is -63.0. The van der Waals surface area contributed by atoms with Gasteiger partial charge in [0.25, 0.3) is 0 Å². The van der Waals surface area contributed by atoms with Crippen LogP contribution in [-0.2, 0) is 66.4 Å². The smallest absolute Gasteiger partial charge is 0.217 e. The van der Waals surface area contributed by atoms with E-state index in [4.69, 9.17) is 56.8 Å². The Bertz CT molecular complexity index is 2050. The number of hydrogen-bond donors (Lipinski definition) is 23. The van der Waals surface area contributed by atoms with Crippen LogP contribution in [0.15, 0.2) is 0 Å². The molecule has 31 unspecified atom stereocenters. The SMILES string of the molecule is CC(=O)NC1C(C)OC(CO)C(OC2OC(CO)C(OC3OC(COC4OC(COC(O)C(O)C(O)C(O)C(C)CO)C(O)C(O[C@H]5O[C@@H](CO)C(O)C(O)C5O)C4O)C(O)C(O[C@H]4O[C@@H](CO)C(O)C(O)C4O)C3O)C(O)C2NC(C)=O)C1O. The van der Waals surface area contributed by atoms with Crippen LogP contribution in [0.5, 0.6) is 0 Å². The second-order valence-electron chi connectivity index (χ2n) is 21.8. The minimum Gasteiger partial charge on any atom is -0.396 e. The van der Waals surface area contributed by atoms with Crippen molar-refractivity contribution in [2.75, 3.05) is 46.2 Å². The molecule has 37 nitrogen and oxygen atoms in total. The number of aliphatic hydroxyl groups excluding tert-OH is 21. The Kier molecular flexibility index (Phi) is 26.6. The Morgan fingerprint density at radius 3 is 1.28 bits per heavy atom. The van der Waals surface area contributed by atoms with Crippen LogP contribution in [0.3, 0.4) is 0 Å². The number of rotatable bonds is 25. The number of aliphatic hydroxyl groups is 21. The molecule has 496 valence electrons. The normalized spacial score (nSPS) is 46.4. The highest BCUT2D eigenvalue weighted by Gasteiger charge is 2.57. The summed E-state index contributed by atoms with van der Waals surface area (Å²) in [5.74, 6) is -2.44. The number of nitrogens with one attached hydrogen (secondary N) is 2. The van der Waals surface area contributed by atoms with E-state index in [2.05, 4.69) is 10.6 Å². The highest BCUT2D eigenvalue weighted by atomic mass is 16.8. The van der Waals surface area contributed by atoms with Gasteiger partial charge in [-0.1, -0.05) is 6.92 Å². The minimum atomic E-state index is -2.39. The van der Waals surface area contributed by atoms with Gasteiger partial charge in [-0.05, 0) is 6.92 Å². The number of amides is 2. The third-order valence-electron chi connectivity index (χ3n) is 15.6. The molecular formula is C48H84N2O35. The van der Waals surface area contributed by atoms with Crippen LogP contribution in [-0.4, -0.2) is 374 Å². The molecule has 0 aliphatic carbocycles. The van der Waals surface area contributed by atoms with Crippen LogP contribution in [0, 0.1) is 5.92 Å².